The van der Waals surface area contributed by atoms with Crippen LogP contribution in [0.4, 0.5) is 5.69 Å². The molecule has 2 amide bonds. The van der Waals surface area contributed by atoms with Crippen LogP contribution in [0.15, 0.2) is 24.3 Å². The lowest BCUT2D eigenvalue weighted by Gasteiger charge is -2.27. The average Bonchev–Trinajstić information content (AvgIpc) is 2.48. The van der Waals surface area contributed by atoms with Crippen molar-refractivity contribution in [3.63, 3.8) is 0 Å². The number of quaternary nitrogens is 1. The van der Waals surface area contributed by atoms with E-state index in [1.165, 1.54) is 4.90 Å². The molecule has 4 N–H and O–H groups in total. The third-order valence-electron chi connectivity index (χ3n) is 4.22. The molecule has 0 unspecified atom stereocenters. The summed E-state index contributed by atoms with van der Waals surface area (Å²) < 4.78 is 0. The number of piperidine rings is 1. The molecule has 2 rings (SSSR count). The second-order valence-electron chi connectivity index (χ2n) is 5.79. The first-order valence-corrected chi connectivity index (χ1v) is 7.54. The van der Waals surface area contributed by atoms with E-state index in [1.54, 1.807) is 0 Å². The van der Waals surface area contributed by atoms with Gasteiger partial charge in [0.25, 0.3) is 0 Å². The highest BCUT2D eigenvalue weighted by molar-refractivity contribution is 5.91. The molecule has 1 aromatic rings. The monoisotopic (exact) mass is 290 g/mol. The van der Waals surface area contributed by atoms with Crippen molar-refractivity contribution in [1.29, 1.82) is 0 Å². The Morgan fingerprint density at radius 2 is 1.95 bits per heavy atom. The van der Waals surface area contributed by atoms with Gasteiger partial charge in [-0.2, -0.15) is 0 Å². The molecule has 1 heterocycles. The molecule has 114 valence electrons. The summed E-state index contributed by atoms with van der Waals surface area (Å²) in [4.78, 5) is 24.5. The second kappa shape index (κ2) is 7.22. The Morgan fingerprint density at radius 1 is 1.29 bits per heavy atom. The first kappa shape index (κ1) is 15.5. The van der Waals surface area contributed by atoms with Crippen LogP contribution in [-0.4, -0.2) is 31.4 Å². The molecule has 1 aromatic carbocycles. The summed E-state index contributed by atoms with van der Waals surface area (Å²) in [6.07, 6.45) is 2.18. The maximum Gasteiger partial charge on any atom is 0.230 e. The van der Waals surface area contributed by atoms with Gasteiger partial charge in [-0.3, -0.25) is 9.59 Å². The van der Waals surface area contributed by atoms with E-state index in [0.717, 1.165) is 43.7 Å². The largest absolute Gasteiger partial charge is 0.369 e. The summed E-state index contributed by atoms with van der Waals surface area (Å²) >= 11 is 0. The zero-order valence-electron chi connectivity index (χ0n) is 12.5. The third kappa shape index (κ3) is 4.56. The van der Waals surface area contributed by atoms with Crippen LogP contribution in [0, 0.1) is 12.8 Å². The quantitative estimate of drug-likeness (QED) is 0.719. The van der Waals surface area contributed by atoms with Gasteiger partial charge in [-0.1, -0.05) is 18.2 Å². The predicted octanol–water partition coefficient (Wildman–Crippen LogP) is 0.104. The van der Waals surface area contributed by atoms with Crippen molar-refractivity contribution < 1.29 is 14.5 Å². The number of anilines is 1. The van der Waals surface area contributed by atoms with Gasteiger partial charge in [0, 0.05) is 24.4 Å². The molecule has 1 aliphatic rings. The zero-order valence-corrected chi connectivity index (χ0v) is 12.5. The van der Waals surface area contributed by atoms with Crippen molar-refractivity contribution in [3.05, 3.63) is 29.8 Å². The minimum absolute atomic E-state index is 0.0227. The Labute approximate surface area is 125 Å². The maximum absolute atomic E-state index is 12.0. The van der Waals surface area contributed by atoms with E-state index < -0.39 is 0 Å². The number of primary amides is 1. The number of carbonyl (C=O) groups is 2. The van der Waals surface area contributed by atoms with E-state index in [9.17, 15) is 9.59 Å². The van der Waals surface area contributed by atoms with Gasteiger partial charge in [-0.25, -0.2) is 0 Å². The molecule has 21 heavy (non-hydrogen) atoms. The lowest BCUT2D eigenvalue weighted by molar-refractivity contribution is -0.905. The number of carbonyl (C=O) groups excluding carboxylic acids is 2. The molecule has 1 aliphatic heterocycles. The summed E-state index contributed by atoms with van der Waals surface area (Å²) in [5.74, 6) is -0.116. The molecular formula is C16H24N3O2+. The number of hydrogen-bond acceptors (Lipinski definition) is 2. The maximum atomic E-state index is 12.0. The second-order valence-corrected chi connectivity index (χ2v) is 5.79. The van der Waals surface area contributed by atoms with E-state index in [0.29, 0.717) is 6.42 Å². The van der Waals surface area contributed by atoms with Crippen LogP contribution < -0.4 is 16.0 Å². The van der Waals surface area contributed by atoms with E-state index in [1.807, 2.05) is 31.2 Å². The Bertz CT molecular complexity index is 508. The van der Waals surface area contributed by atoms with Crippen LogP contribution in [0.25, 0.3) is 0 Å². The molecule has 1 saturated heterocycles. The van der Waals surface area contributed by atoms with Crippen LogP contribution in [0.5, 0.6) is 0 Å². The van der Waals surface area contributed by atoms with E-state index in [4.69, 9.17) is 5.73 Å². The topological polar surface area (TPSA) is 76.6 Å². The number of rotatable bonds is 5. The van der Waals surface area contributed by atoms with Crippen LogP contribution in [0.2, 0.25) is 0 Å². The molecule has 0 atom stereocenters. The number of aryl methyl sites for hydroxylation is 1. The normalized spacial score (nSPS) is 21.8. The van der Waals surface area contributed by atoms with Crippen LogP contribution in [0.3, 0.4) is 0 Å². The highest BCUT2D eigenvalue weighted by atomic mass is 16.2. The molecule has 1 fully saturated rings. The number of likely N-dealkylation sites (tertiary alicyclic amines) is 1. The number of benzene rings is 1. The number of nitrogens with two attached hydrogens (primary N) is 1. The van der Waals surface area contributed by atoms with Crippen molar-refractivity contribution in [2.24, 2.45) is 11.7 Å². The lowest BCUT2D eigenvalue weighted by Crippen LogP contribution is -3.13. The molecule has 5 heteroatoms. The van der Waals surface area contributed by atoms with Gasteiger partial charge < -0.3 is 16.0 Å². The van der Waals surface area contributed by atoms with E-state index in [2.05, 4.69) is 5.32 Å². The van der Waals surface area contributed by atoms with Crippen molar-refractivity contribution in [3.8, 4) is 0 Å². The molecule has 0 radical (unpaired) electrons. The van der Waals surface area contributed by atoms with E-state index >= 15 is 0 Å². The number of hydrogen-bond donors (Lipinski definition) is 3. The lowest BCUT2D eigenvalue weighted by atomic mass is 9.96. The van der Waals surface area contributed by atoms with Crippen molar-refractivity contribution >= 4 is 17.5 Å². The minimum Gasteiger partial charge on any atom is -0.369 e. The zero-order chi connectivity index (χ0) is 15.2. The predicted molar refractivity (Wildman–Crippen MR) is 81.9 cm³/mol. The molecule has 5 nitrogen and oxygen atoms in total. The Hall–Kier alpha value is -1.88. The van der Waals surface area contributed by atoms with Crippen LogP contribution in [-0.2, 0) is 9.59 Å². The fourth-order valence-corrected chi connectivity index (χ4v) is 2.78. The van der Waals surface area contributed by atoms with Gasteiger partial charge >= 0.3 is 0 Å². The average molecular weight is 290 g/mol. The van der Waals surface area contributed by atoms with Crippen LogP contribution >= 0.6 is 0 Å². The number of nitrogens with one attached hydrogen (secondary N) is 2. The van der Waals surface area contributed by atoms with Gasteiger partial charge in [0.1, 0.15) is 0 Å². The number of amides is 2. The Morgan fingerprint density at radius 3 is 2.57 bits per heavy atom. The molecule has 0 saturated carbocycles. The minimum atomic E-state index is -0.189. The van der Waals surface area contributed by atoms with Gasteiger partial charge in [-0.15, -0.1) is 0 Å². The highest BCUT2D eigenvalue weighted by Gasteiger charge is 2.25. The third-order valence-corrected chi connectivity index (χ3v) is 4.22. The summed E-state index contributed by atoms with van der Waals surface area (Å²) in [7, 11) is 0. The summed E-state index contributed by atoms with van der Waals surface area (Å²) in [6, 6.07) is 7.77. The van der Waals surface area contributed by atoms with Gasteiger partial charge in [0.2, 0.25) is 11.8 Å². The first-order valence-electron chi connectivity index (χ1n) is 7.54. The smallest absolute Gasteiger partial charge is 0.230 e. The molecular weight excluding hydrogens is 266 g/mol. The molecule has 0 spiro atoms. The van der Waals surface area contributed by atoms with Crippen molar-refractivity contribution in [2.75, 3.05) is 25.0 Å². The molecule has 0 aliphatic carbocycles. The van der Waals surface area contributed by atoms with Gasteiger partial charge in [0.15, 0.2) is 0 Å². The highest BCUT2D eigenvalue weighted by Crippen LogP contribution is 2.13. The summed E-state index contributed by atoms with van der Waals surface area (Å²) in [5.41, 5.74) is 7.27. The SMILES string of the molecule is Cc1ccccc1NC(=O)CC[NH+]1CCC(C(N)=O)CC1. The Kier molecular flexibility index (Phi) is 5.33. The van der Waals surface area contributed by atoms with Gasteiger partial charge in [0.05, 0.1) is 26.1 Å². The van der Waals surface area contributed by atoms with Gasteiger partial charge in [-0.05, 0) is 18.6 Å². The summed E-state index contributed by atoms with van der Waals surface area (Å²) in [5, 5.41) is 2.95. The van der Waals surface area contributed by atoms with Crippen molar-refractivity contribution in [2.45, 2.75) is 26.2 Å². The standard InChI is InChI=1S/C16H23N3O2/c1-12-4-2-3-5-14(12)18-15(20)8-11-19-9-6-13(7-10-19)16(17)21/h2-5,13H,6-11H2,1H3,(H2,17,21)(H,18,20)/p+1. The fourth-order valence-electron chi connectivity index (χ4n) is 2.78. The number of para-hydroxylation sites is 1. The van der Waals surface area contributed by atoms with E-state index in [-0.39, 0.29) is 17.7 Å². The Balaban J connectivity index is 1.73. The molecule has 0 aromatic heterocycles. The molecule has 0 bridgehead atoms. The van der Waals surface area contributed by atoms with Crippen LogP contribution in [0.1, 0.15) is 24.8 Å². The fraction of sp³-hybridized carbons (Fsp3) is 0.500. The van der Waals surface area contributed by atoms with Crippen molar-refractivity contribution in [1.82, 2.24) is 0 Å². The summed E-state index contributed by atoms with van der Waals surface area (Å²) in [6.45, 7) is 4.63. The first-order chi connectivity index (χ1) is 10.1.